The van der Waals surface area contributed by atoms with Gasteiger partial charge in [0.1, 0.15) is 17.2 Å². The van der Waals surface area contributed by atoms with Crippen LogP contribution in [-0.4, -0.2) is 16.8 Å². The molecule has 0 fully saturated rings. The standard InChI is InChI=1S/C19H20O3/c1-3-4-17-16-10-9-15(21)11-18(16)22-12-19(17,2)13-5-7-14(20)8-6-13/h3,5-11,17,20-21H,1,4,12H2,2H3/t17-,19-/m0/s1. The Labute approximate surface area is 130 Å². The molecule has 2 atom stereocenters. The highest BCUT2D eigenvalue weighted by Gasteiger charge is 2.41. The molecule has 3 heteroatoms. The average molecular weight is 296 g/mol. The van der Waals surface area contributed by atoms with Gasteiger partial charge < -0.3 is 14.9 Å². The van der Waals surface area contributed by atoms with Gasteiger partial charge in [-0.25, -0.2) is 0 Å². The summed E-state index contributed by atoms with van der Waals surface area (Å²) < 4.78 is 5.92. The second-order valence-corrected chi connectivity index (χ2v) is 6.05. The monoisotopic (exact) mass is 296 g/mol. The van der Waals surface area contributed by atoms with Crippen LogP contribution in [0.3, 0.4) is 0 Å². The Balaban J connectivity index is 2.09. The maximum Gasteiger partial charge on any atom is 0.126 e. The molecule has 3 rings (SSSR count). The Morgan fingerprint density at radius 1 is 1.18 bits per heavy atom. The summed E-state index contributed by atoms with van der Waals surface area (Å²) in [7, 11) is 0. The van der Waals surface area contributed by atoms with Crippen LogP contribution in [0.2, 0.25) is 0 Å². The van der Waals surface area contributed by atoms with Crippen molar-refractivity contribution < 1.29 is 14.9 Å². The van der Waals surface area contributed by atoms with E-state index in [-0.39, 0.29) is 22.8 Å². The molecule has 3 nitrogen and oxygen atoms in total. The van der Waals surface area contributed by atoms with Crippen molar-refractivity contribution in [1.29, 1.82) is 0 Å². The molecule has 0 radical (unpaired) electrons. The minimum absolute atomic E-state index is 0.207. The number of phenols is 2. The van der Waals surface area contributed by atoms with E-state index in [0.29, 0.717) is 6.61 Å². The molecule has 0 unspecified atom stereocenters. The number of hydrogen-bond donors (Lipinski definition) is 2. The molecule has 0 aliphatic carbocycles. The molecule has 2 aromatic rings. The first-order valence-corrected chi connectivity index (χ1v) is 7.41. The third kappa shape index (κ3) is 2.33. The van der Waals surface area contributed by atoms with Gasteiger partial charge in [0.15, 0.2) is 0 Å². The highest BCUT2D eigenvalue weighted by molar-refractivity contribution is 5.48. The summed E-state index contributed by atoms with van der Waals surface area (Å²) >= 11 is 0. The van der Waals surface area contributed by atoms with Crippen LogP contribution in [0.5, 0.6) is 17.2 Å². The lowest BCUT2D eigenvalue weighted by Crippen LogP contribution is -2.40. The van der Waals surface area contributed by atoms with Crippen LogP contribution in [0.4, 0.5) is 0 Å². The molecule has 0 bridgehead atoms. The topological polar surface area (TPSA) is 49.7 Å². The van der Waals surface area contributed by atoms with Crippen molar-refractivity contribution in [2.24, 2.45) is 0 Å². The Hall–Kier alpha value is -2.42. The second kappa shape index (κ2) is 5.41. The third-order valence-corrected chi connectivity index (χ3v) is 4.60. The fourth-order valence-electron chi connectivity index (χ4n) is 3.29. The van der Waals surface area contributed by atoms with Gasteiger partial charge in [-0.15, -0.1) is 6.58 Å². The zero-order chi connectivity index (χ0) is 15.7. The van der Waals surface area contributed by atoms with E-state index in [0.717, 1.165) is 23.3 Å². The van der Waals surface area contributed by atoms with E-state index in [2.05, 4.69) is 13.5 Å². The van der Waals surface area contributed by atoms with Crippen molar-refractivity contribution in [2.45, 2.75) is 24.7 Å². The number of hydrogen-bond acceptors (Lipinski definition) is 3. The molecule has 1 aliphatic rings. The van der Waals surface area contributed by atoms with Gasteiger partial charge in [0, 0.05) is 17.4 Å². The van der Waals surface area contributed by atoms with Gasteiger partial charge in [0.25, 0.3) is 0 Å². The van der Waals surface area contributed by atoms with Crippen LogP contribution in [0.1, 0.15) is 30.4 Å². The number of aromatic hydroxyl groups is 2. The summed E-state index contributed by atoms with van der Waals surface area (Å²) in [5.74, 6) is 1.42. The Bertz CT molecular complexity index is 690. The Morgan fingerprint density at radius 2 is 1.86 bits per heavy atom. The normalized spacial score (nSPS) is 23.4. The number of rotatable bonds is 3. The third-order valence-electron chi connectivity index (χ3n) is 4.60. The average Bonchev–Trinajstić information content (AvgIpc) is 2.51. The minimum Gasteiger partial charge on any atom is -0.508 e. The lowest BCUT2D eigenvalue weighted by atomic mass is 9.66. The van der Waals surface area contributed by atoms with Crippen LogP contribution in [-0.2, 0) is 5.41 Å². The van der Waals surface area contributed by atoms with Crippen LogP contribution in [0, 0.1) is 0 Å². The largest absolute Gasteiger partial charge is 0.508 e. The van der Waals surface area contributed by atoms with Gasteiger partial charge in [-0.1, -0.05) is 31.2 Å². The molecule has 1 heterocycles. The van der Waals surface area contributed by atoms with Crippen LogP contribution >= 0.6 is 0 Å². The van der Waals surface area contributed by atoms with Gasteiger partial charge >= 0.3 is 0 Å². The highest BCUT2D eigenvalue weighted by atomic mass is 16.5. The van der Waals surface area contributed by atoms with Crippen molar-refractivity contribution in [3.63, 3.8) is 0 Å². The van der Waals surface area contributed by atoms with E-state index in [4.69, 9.17) is 4.74 Å². The number of allylic oxidation sites excluding steroid dienone is 1. The van der Waals surface area contributed by atoms with E-state index in [9.17, 15) is 10.2 Å². The smallest absolute Gasteiger partial charge is 0.126 e. The highest BCUT2D eigenvalue weighted by Crippen LogP contribution is 2.49. The molecule has 0 amide bonds. The Morgan fingerprint density at radius 3 is 2.55 bits per heavy atom. The summed E-state index contributed by atoms with van der Waals surface area (Å²) in [6.45, 7) is 6.58. The zero-order valence-electron chi connectivity index (χ0n) is 12.6. The lowest BCUT2D eigenvalue weighted by Gasteiger charge is -2.42. The van der Waals surface area contributed by atoms with Gasteiger partial charge in [0.2, 0.25) is 0 Å². The molecule has 114 valence electrons. The van der Waals surface area contributed by atoms with Crippen molar-refractivity contribution in [3.05, 3.63) is 66.2 Å². The number of phenolic OH excluding ortho intramolecular Hbond substituents is 2. The van der Waals surface area contributed by atoms with Crippen LogP contribution < -0.4 is 4.74 Å². The van der Waals surface area contributed by atoms with Gasteiger partial charge in [-0.3, -0.25) is 0 Å². The molecule has 1 aliphatic heterocycles. The van der Waals surface area contributed by atoms with E-state index < -0.39 is 0 Å². The summed E-state index contributed by atoms with van der Waals surface area (Å²) in [4.78, 5) is 0. The van der Waals surface area contributed by atoms with E-state index >= 15 is 0 Å². The lowest BCUT2D eigenvalue weighted by molar-refractivity contribution is 0.169. The fourth-order valence-corrected chi connectivity index (χ4v) is 3.29. The van der Waals surface area contributed by atoms with Crippen LogP contribution in [0.25, 0.3) is 0 Å². The fraction of sp³-hybridized carbons (Fsp3) is 0.263. The molecular formula is C19H20O3. The first-order valence-electron chi connectivity index (χ1n) is 7.41. The molecule has 22 heavy (non-hydrogen) atoms. The van der Waals surface area contributed by atoms with E-state index in [1.807, 2.05) is 24.3 Å². The van der Waals surface area contributed by atoms with Crippen molar-refractivity contribution in [1.82, 2.24) is 0 Å². The summed E-state index contributed by atoms with van der Waals surface area (Å²) in [5, 5.41) is 19.2. The van der Waals surface area contributed by atoms with Crippen molar-refractivity contribution >= 4 is 0 Å². The van der Waals surface area contributed by atoms with Gasteiger partial charge in [0.05, 0.1) is 6.61 Å². The zero-order valence-corrected chi connectivity index (χ0v) is 12.6. The van der Waals surface area contributed by atoms with Crippen molar-refractivity contribution in [2.75, 3.05) is 6.61 Å². The number of fused-ring (bicyclic) bond motifs is 1. The van der Waals surface area contributed by atoms with Crippen molar-refractivity contribution in [3.8, 4) is 17.2 Å². The predicted molar refractivity (Wildman–Crippen MR) is 86.6 cm³/mol. The molecule has 0 saturated heterocycles. The van der Waals surface area contributed by atoms with Crippen LogP contribution in [0.15, 0.2) is 55.1 Å². The maximum absolute atomic E-state index is 9.65. The SMILES string of the molecule is C=CC[C@H]1c2ccc(O)cc2OC[C@@]1(C)c1ccc(O)cc1. The quantitative estimate of drug-likeness (QED) is 0.838. The number of ether oxygens (including phenoxy) is 1. The van der Waals surface area contributed by atoms with Gasteiger partial charge in [-0.2, -0.15) is 0 Å². The molecule has 0 saturated carbocycles. The molecule has 0 aromatic heterocycles. The predicted octanol–water partition coefficient (Wildman–Crippen LogP) is 4.11. The summed E-state index contributed by atoms with van der Waals surface area (Å²) in [6, 6.07) is 12.6. The Kier molecular flexibility index (Phi) is 3.57. The molecular weight excluding hydrogens is 276 g/mol. The summed E-state index contributed by atoms with van der Waals surface area (Å²) in [5.41, 5.74) is 1.99. The van der Waals surface area contributed by atoms with E-state index in [1.54, 1.807) is 24.3 Å². The van der Waals surface area contributed by atoms with Gasteiger partial charge in [-0.05, 0) is 35.7 Å². The first kappa shape index (κ1) is 14.5. The molecule has 2 N–H and O–H groups in total. The first-order chi connectivity index (χ1) is 10.5. The molecule has 2 aromatic carbocycles. The van der Waals surface area contributed by atoms with E-state index in [1.165, 1.54) is 0 Å². The second-order valence-electron chi connectivity index (χ2n) is 6.05. The maximum atomic E-state index is 9.65. The summed E-state index contributed by atoms with van der Waals surface area (Å²) in [6.07, 6.45) is 2.74. The number of benzene rings is 2. The molecule has 0 spiro atoms. The minimum atomic E-state index is -0.216.